The second-order valence-corrected chi connectivity index (χ2v) is 6.83. The molecule has 0 amide bonds. The van der Waals surface area contributed by atoms with E-state index in [1.54, 1.807) is 0 Å². The molecule has 1 saturated carbocycles. The zero-order valence-electron chi connectivity index (χ0n) is 11.7. The van der Waals surface area contributed by atoms with Crippen LogP contribution in [0.1, 0.15) is 44.4 Å². The standard InChI is InChI=1S/C16H21BrN2O/c1-10-5-7-11(8-6-10)15(19-18)14-9-12-3-2-4-13(17)16(12)20-14/h2-4,9-11,15,19H,5-8,18H2,1H3. The van der Waals surface area contributed by atoms with Gasteiger partial charge in [-0.1, -0.05) is 31.9 Å². The van der Waals surface area contributed by atoms with Crippen molar-refractivity contribution in [3.8, 4) is 0 Å². The molecule has 1 aliphatic rings. The van der Waals surface area contributed by atoms with Crippen LogP contribution in [-0.4, -0.2) is 0 Å². The topological polar surface area (TPSA) is 51.2 Å². The third kappa shape index (κ3) is 2.65. The molecule has 3 N–H and O–H groups in total. The van der Waals surface area contributed by atoms with Gasteiger partial charge in [0.15, 0.2) is 0 Å². The zero-order chi connectivity index (χ0) is 14.1. The molecule has 1 fully saturated rings. The molecule has 1 aromatic heterocycles. The fraction of sp³-hybridized carbons (Fsp3) is 0.500. The van der Waals surface area contributed by atoms with Crippen molar-refractivity contribution in [2.75, 3.05) is 0 Å². The fourth-order valence-corrected chi connectivity index (χ4v) is 3.73. The molecule has 1 aromatic carbocycles. The number of hydrazine groups is 1. The highest BCUT2D eigenvalue weighted by Crippen LogP contribution is 2.38. The van der Waals surface area contributed by atoms with Crippen LogP contribution in [0, 0.1) is 11.8 Å². The third-order valence-corrected chi connectivity index (χ3v) is 5.16. The number of halogens is 1. The van der Waals surface area contributed by atoms with Gasteiger partial charge in [0.2, 0.25) is 0 Å². The van der Waals surface area contributed by atoms with Crippen molar-refractivity contribution in [1.82, 2.24) is 5.43 Å². The summed E-state index contributed by atoms with van der Waals surface area (Å²) in [7, 11) is 0. The smallest absolute Gasteiger partial charge is 0.148 e. The van der Waals surface area contributed by atoms with Crippen LogP contribution >= 0.6 is 15.9 Å². The Hall–Kier alpha value is -0.840. The van der Waals surface area contributed by atoms with Gasteiger partial charge in [-0.05, 0) is 52.7 Å². The summed E-state index contributed by atoms with van der Waals surface area (Å²) < 4.78 is 7.04. The molecule has 1 atom stereocenters. The first kappa shape index (κ1) is 14.1. The maximum atomic E-state index is 6.04. The Morgan fingerprint density at radius 2 is 2.05 bits per heavy atom. The number of hydrogen-bond acceptors (Lipinski definition) is 3. The van der Waals surface area contributed by atoms with Gasteiger partial charge in [0.05, 0.1) is 10.5 Å². The number of rotatable bonds is 3. The molecule has 1 unspecified atom stereocenters. The Bertz CT molecular complexity index is 587. The maximum Gasteiger partial charge on any atom is 0.148 e. The quantitative estimate of drug-likeness (QED) is 0.639. The molecule has 1 heterocycles. The summed E-state index contributed by atoms with van der Waals surface area (Å²) in [5.41, 5.74) is 3.88. The summed E-state index contributed by atoms with van der Waals surface area (Å²) in [5.74, 6) is 8.17. The largest absolute Gasteiger partial charge is 0.458 e. The Balaban J connectivity index is 1.89. The number of furan rings is 1. The van der Waals surface area contributed by atoms with Crippen molar-refractivity contribution in [2.45, 2.75) is 38.6 Å². The van der Waals surface area contributed by atoms with Crippen LogP contribution in [0.4, 0.5) is 0 Å². The predicted octanol–water partition coefficient (Wildman–Crippen LogP) is 4.53. The summed E-state index contributed by atoms with van der Waals surface area (Å²) in [4.78, 5) is 0. The molecule has 0 radical (unpaired) electrons. The maximum absolute atomic E-state index is 6.04. The molecule has 1 aliphatic carbocycles. The van der Waals surface area contributed by atoms with Crippen LogP contribution < -0.4 is 11.3 Å². The van der Waals surface area contributed by atoms with Crippen molar-refractivity contribution in [1.29, 1.82) is 0 Å². The molecule has 20 heavy (non-hydrogen) atoms. The average molecular weight is 337 g/mol. The molecule has 3 nitrogen and oxygen atoms in total. The van der Waals surface area contributed by atoms with E-state index in [4.69, 9.17) is 10.3 Å². The van der Waals surface area contributed by atoms with Gasteiger partial charge in [0.25, 0.3) is 0 Å². The fourth-order valence-electron chi connectivity index (χ4n) is 3.27. The molecule has 0 spiro atoms. The number of hydrogen-bond donors (Lipinski definition) is 2. The van der Waals surface area contributed by atoms with E-state index in [2.05, 4.69) is 40.4 Å². The van der Waals surface area contributed by atoms with Crippen molar-refractivity contribution in [2.24, 2.45) is 17.7 Å². The molecule has 2 aromatic rings. The zero-order valence-corrected chi connectivity index (χ0v) is 13.3. The Morgan fingerprint density at radius 3 is 2.70 bits per heavy atom. The highest BCUT2D eigenvalue weighted by atomic mass is 79.9. The van der Waals surface area contributed by atoms with Gasteiger partial charge >= 0.3 is 0 Å². The van der Waals surface area contributed by atoms with E-state index in [1.165, 1.54) is 25.7 Å². The van der Waals surface area contributed by atoms with Crippen LogP contribution in [0.25, 0.3) is 11.0 Å². The first-order valence-corrected chi connectivity index (χ1v) is 8.12. The number of benzene rings is 1. The lowest BCUT2D eigenvalue weighted by Crippen LogP contribution is -2.35. The van der Waals surface area contributed by atoms with Gasteiger partial charge < -0.3 is 4.42 Å². The normalized spacial score (nSPS) is 24.9. The van der Waals surface area contributed by atoms with Gasteiger partial charge in [0, 0.05) is 5.39 Å². The summed E-state index contributed by atoms with van der Waals surface area (Å²) in [5, 5.41) is 1.12. The predicted molar refractivity (Wildman–Crippen MR) is 85.1 cm³/mol. The highest BCUT2D eigenvalue weighted by molar-refractivity contribution is 9.10. The average Bonchev–Trinajstić information content (AvgIpc) is 2.87. The first-order chi connectivity index (χ1) is 9.69. The second kappa shape index (κ2) is 5.88. The number of para-hydroxylation sites is 1. The van der Waals surface area contributed by atoms with Crippen molar-refractivity contribution in [3.63, 3.8) is 0 Å². The number of nitrogens with one attached hydrogen (secondary N) is 1. The van der Waals surface area contributed by atoms with Crippen LogP contribution in [0.2, 0.25) is 0 Å². The summed E-state index contributed by atoms with van der Waals surface area (Å²) in [6, 6.07) is 8.33. The van der Waals surface area contributed by atoms with Gasteiger partial charge in [-0.3, -0.25) is 5.84 Å². The van der Waals surface area contributed by atoms with E-state index in [9.17, 15) is 0 Å². The molecular formula is C16H21BrN2O. The van der Waals surface area contributed by atoms with Crippen LogP contribution in [0.5, 0.6) is 0 Å². The summed E-state index contributed by atoms with van der Waals surface area (Å²) in [6.45, 7) is 2.33. The van der Waals surface area contributed by atoms with Crippen molar-refractivity contribution < 1.29 is 4.42 Å². The minimum absolute atomic E-state index is 0.113. The van der Waals surface area contributed by atoms with E-state index in [1.807, 2.05) is 12.1 Å². The first-order valence-electron chi connectivity index (χ1n) is 7.33. The van der Waals surface area contributed by atoms with E-state index < -0.39 is 0 Å². The summed E-state index contributed by atoms with van der Waals surface area (Å²) >= 11 is 3.54. The molecule has 108 valence electrons. The number of fused-ring (bicyclic) bond motifs is 1. The number of nitrogens with two attached hydrogens (primary N) is 1. The Morgan fingerprint density at radius 1 is 1.30 bits per heavy atom. The molecule has 0 bridgehead atoms. The minimum atomic E-state index is 0.113. The van der Waals surface area contributed by atoms with Crippen molar-refractivity contribution >= 4 is 26.9 Å². The third-order valence-electron chi connectivity index (χ3n) is 4.53. The lowest BCUT2D eigenvalue weighted by atomic mass is 9.79. The van der Waals surface area contributed by atoms with Crippen LogP contribution in [-0.2, 0) is 0 Å². The van der Waals surface area contributed by atoms with Crippen LogP contribution in [0.15, 0.2) is 33.2 Å². The second-order valence-electron chi connectivity index (χ2n) is 5.97. The van der Waals surface area contributed by atoms with Gasteiger partial charge in [-0.25, -0.2) is 5.43 Å². The molecule has 3 rings (SSSR count). The SMILES string of the molecule is CC1CCC(C(NN)c2cc3cccc(Br)c3o2)CC1. The highest BCUT2D eigenvalue weighted by Gasteiger charge is 2.29. The monoisotopic (exact) mass is 336 g/mol. The molecule has 0 aliphatic heterocycles. The Kier molecular flexibility index (Phi) is 4.15. The van der Waals surface area contributed by atoms with Gasteiger partial charge in [-0.15, -0.1) is 0 Å². The van der Waals surface area contributed by atoms with E-state index in [0.29, 0.717) is 5.92 Å². The van der Waals surface area contributed by atoms with Crippen LogP contribution in [0.3, 0.4) is 0 Å². The van der Waals surface area contributed by atoms with Crippen molar-refractivity contribution in [3.05, 3.63) is 34.5 Å². The van der Waals surface area contributed by atoms with Gasteiger partial charge in [0.1, 0.15) is 11.3 Å². The minimum Gasteiger partial charge on any atom is -0.458 e. The van der Waals surface area contributed by atoms with E-state index in [0.717, 1.165) is 27.1 Å². The Labute approximate surface area is 128 Å². The van der Waals surface area contributed by atoms with Gasteiger partial charge in [-0.2, -0.15) is 0 Å². The molecule has 0 saturated heterocycles. The molecular weight excluding hydrogens is 316 g/mol. The van der Waals surface area contributed by atoms with E-state index >= 15 is 0 Å². The lowest BCUT2D eigenvalue weighted by molar-refractivity contribution is 0.215. The lowest BCUT2D eigenvalue weighted by Gasteiger charge is -2.31. The van der Waals surface area contributed by atoms with E-state index in [-0.39, 0.29) is 6.04 Å². The molecule has 4 heteroatoms. The summed E-state index contributed by atoms with van der Waals surface area (Å²) in [6.07, 6.45) is 5.00.